The van der Waals surface area contributed by atoms with Crippen LogP contribution in [0.4, 0.5) is 26.7 Å². The number of nitrogens with zero attached hydrogens (tertiary/aromatic N) is 1. The highest BCUT2D eigenvalue weighted by Gasteiger charge is 2.33. The fourth-order valence-corrected chi connectivity index (χ4v) is 4.14. The van der Waals surface area contributed by atoms with Crippen LogP contribution in [-0.4, -0.2) is 34.8 Å². The number of urea groups is 1. The van der Waals surface area contributed by atoms with Crippen molar-refractivity contribution < 1.29 is 36.3 Å². The zero-order valence-electron chi connectivity index (χ0n) is 19.7. The Morgan fingerprint density at radius 2 is 1.58 bits per heavy atom. The van der Waals surface area contributed by atoms with Gasteiger partial charge in [-0.25, -0.2) is 19.0 Å². The monoisotopic (exact) mass is 512 g/mol. The standard InChI is InChI=1S/C24H25F5N4O3/c1-12-4-5-13(2)33(12)22(35)15-6-7-19(20(26)10-15)14(3)30-23(36)32-31-21(34)16-8-17(24(27,28)29)11-18(25)9-16/h6-14H,4-5H2,1-3H3,(H,31,34)(H2,30,32,36)/t12-,13+,14-/m1/s1. The fraction of sp³-hybridized carbons (Fsp3) is 0.375. The third-order valence-corrected chi connectivity index (χ3v) is 6.02. The number of hydrogen-bond acceptors (Lipinski definition) is 3. The molecule has 0 aromatic heterocycles. The van der Waals surface area contributed by atoms with Crippen molar-refractivity contribution in [3.63, 3.8) is 0 Å². The van der Waals surface area contributed by atoms with Crippen LogP contribution in [0, 0.1) is 11.6 Å². The minimum atomic E-state index is -4.87. The summed E-state index contributed by atoms with van der Waals surface area (Å²) in [4.78, 5) is 38.7. The quantitative estimate of drug-likeness (QED) is 0.410. The lowest BCUT2D eigenvalue weighted by atomic mass is 10.0. The van der Waals surface area contributed by atoms with E-state index in [0.717, 1.165) is 18.9 Å². The minimum absolute atomic E-state index is 0.0437. The van der Waals surface area contributed by atoms with E-state index in [2.05, 4.69) is 5.32 Å². The van der Waals surface area contributed by atoms with Crippen LogP contribution in [0.1, 0.15) is 71.5 Å². The first-order valence-corrected chi connectivity index (χ1v) is 11.1. The lowest BCUT2D eigenvalue weighted by Gasteiger charge is -2.26. The van der Waals surface area contributed by atoms with E-state index in [4.69, 9.17) is 0 Å². The molecule has 194 valence electrons. The molecule has 2 aromatic carbocycles. The van der Waals surface area contributed by atoms with Crippen LogP contribution >= 0.6 is 0 Å². The molecule has 4 amide bonds. The van der Waals surface area contributed by atoms with Gasteiger partial charge in [0.25, 0.3) is 11.8 Å². The lowest BCUT2D eigenvalue weighted by Crippen LogP contribution is -2.47. The maximum atomic E-state index is 14.8. The van der Waals surface area contributed by atoms with Gasteiger partial charge in [0.2, 0.25) is 0 Å². The van der Waals surface area contributed by atoms with Crippen molar-refractivity contribution in [1.29, 1.82) is 0 Å². The molecular weight excluding hydrogens is 487 g/mol. The number of amides is 4. The average Bonchev–Trinajstić information content (AvgIpc) is 3.13. The Kier molecular flexibility index (Phi) is 7.85. The van der Waals surface area contributed by atoms with E-state index in [1.54, 1.807) is 4.90 Å². The molecule has 1 aliphatic heterocycles. The minimum Gasteiger partial charge on any atom is -0.333 e. The van der Waals surface area contributed by atoms with Gasteiger partial charge in [0.15, 0.2) is 0 Å². The first-order chi connectivity index (χ1) is 16.8. The van der Waals surface area contributed by atoms with Crippen molar-refractivity contribution in [3.05, 3.63) is 70.3 Å². The topological polar surface area (TPSA) is 90.5 Å². The van der Waals surface area contributed by atoms with E-state index in [1.165, 1.54) is 19.1 Å². The molecule has 0 aliphatic carbocycles. The van der Waals surface area contributed by atoms with E-state index in [0.29, 0.717) is 12.1 Å². The number of halogens is 5. The Morgan fingerprint density at radius 3 is 2.17 bits per heavy atom. The molecule has 2 aromatic rings. The highest BCUT2D eigenvalue weighted by atomic mass is 19.4. The number of hydrazine groups is 1. The normalized spacial score (nSPS) is 18.5. The van der Waals surface area contributed by atoms with Crippen molar-refractivity contribution in [3.8, 4) is 0 Å². The summed E-state index contributed by atoms with van der Waals surface area (Å²) in [5.41, 5.74) is 1.99. The molecule has 1 fully saturated rings. The van der Waals surface area contributed by atoms with E-state index < -0.39 is 46.9 Å². The van der Waals surface area contributed by atoms with E-state index in [9.17, 15) is 36.3 Å². The molecular formula is C24H25F5N4O3. The molecule has 3 atom stereocenters. The summed E-state index contributed by atoms with van der Waals surface area (Å²) >= 11 is 0. The van der Waals surface area contributed by atoms with Crippen molar-refractivity contribution in [2.75, 3.05) is 0 Å². The number of benzene rings is 2. The zero-order chi connectivity index (χ0) is 26.8. The molecule has 0 spiro atoms. The number of carbonyl (C=O) groups is 3. The molecule has 1 saturated heterocycles. The summed E-state index contributed by atoms with van der Waals surface area (Å²) in [5.74, 6) is -3.48. The summed E-state index contributed by atoms with van der Waals surface area (Å²) in [7, 11) is 0. The Bertz CT molecular complexity index is 1160. The van der Waals surface area contributed by atoms with Crippen LogP contribution < -0.4 is 16.2 Å². The molecule has 3 rings (SSSR count). The smallest absolute Gasteiger partial charge is 0.333 e. The van der Waals surface area contributed by atoms with Gasteiger partial charge in [-0.2, -0.15) is 13.2 Å². The van der Waals surface area contributed by atoms with Crippen LogP contribution in [-0.2, 0) is 6.18 Å². The number of rotatable bonds is 4. The fourth-order valence-electron chi connectivity index (χ4n) is 4.14. The molecule has 0 bridgehead atoms. The number of carbonyl (C=O) groups excluding carboxylic acids is 3. The van der Waals surface area contributed by atoms with Crippen LogP contribution in [0.3, 0.4) is 0 Å². The zero-order valence-corrected chi connectivity index (χ0v) is 19.7. The van der Waals surface area contributed by atoms with Gasteiger partial charge in [-0.05, 0) is 63.9 Å². The number of alkyl halides is 3. The molecule has 0 saturated carbocycles. The van der Waals surface area contributed by atoms with Gasteiger partial charge in [-0.15, -0.1) is 0 Å². The van der Waals surface area contributed by atoms with E-state index >= 15 is 0 Å². The van der Waals surface area contributed by atoms with Crippen LogP contribution in [0.15, 0.2) is 36.4 Å². The SMILES string of the molecule is C[C@@H]1CC[C@H](C)N1C(=O)c1ccc([C@@H](C)NC(=O)NNC(=O)c2cc(F)cc(C(F)(F)F)c2)c(F)c1. The van der Waals surface area contributed by atoms with Gasteiger partial charge in [0.1, 0.15) is 11.6 Å². The molecule has 3 N–H and O–H groups in total. The molecule has 36 heavy (non-hydrogen) atoms. The van der Waals surface area contributed by atoms with Gasteiger partial charge >= 0.3 is 12.2 Å². The third-order valence-electron chi connectivity index (χ3n) is 6.02. The van der Waals surface area contributed by atoms with Gasteiger partial charge < -0.3 is 10.2 Å². The third kappa shape index (κ3) is 6.10. The maximum Gasteiger partial charge on any atom is 0.416 e. The van der Waals surface area contributed by atoms with Gasteiger partial charge in [0, 0.05) is 28.8 Å². The first kappa shape index (κ1) is 26.9. The second-order valence-corrected chi connectivity index (χ2v) is 8.72. The molecule has 0 unspecified atom stereocenters. The summed E-state index contributed by atoms with van der Waals surface area (Å²) < 4.78 is 66.7. The predicted molar refractivity (Wildman–Crippen MR) is 120 cm³/mol. The highest BCUT2D eigenvalue weighted by Crippen LogP contribution is 2.30. The van der Waals surface area contributed by atoms with Crippen LogP contribution in [0.25, 0.3) is 0 Å². The van der Waals surface area contributed by atoms with Gasteiger partial charge in [0.05, 0.1) is 11.6 Å². The van der Waals surface area contributed by atoms with E-state index in [1.807, 2.05) is 24.7 Å². The van der Waals surface area contributed by atoms with Crippen molar-refractivity contribution >= 4 is 17.8 Å². The second kappa shape index (κ2) is 10.5. The van der Waals surface area contributed by atoms with Crippen molar-refractivity contribution in [2.45, 2.75) is 57.9 Å². The lowest BCUT2D eigenvalue weighted by molar-refractivity contribution is -0.137. The Balaban J connectivity index is 1.60. The maximum absolute atomic E-state index is 14.8. The predicted octanol–water partition coefficient (Wildman–Crippen LogP) is 4.70. The largest absolute Gasteiger partial charge is 0.416 e. The highest BCUT2D eigenvalue weighted by molar-refractivity contribution is 5.96. The number of nitrogens with one attached hydrogen (secondary N) is 3. The molecule has 12 heteroatoms. The molecule has 0 radical (unpaired) electrons. The van der Waals surface area contributed by atoms with Crippen molar-refractivity contribution in [2.24, 2.45) is 0 Å². The second-order valence-electron chi connectivity index (χ2n) is 8.72. The van der Waals surface area contributed by atoms with Gasteiger partial charge in [-0.3, -0.25) is 15.0 Å². The van der Waals surface area contributed by atoms with Crippen LogP contribution in [0.5, 0.6) is 0 Å². The van der Waals surface area contributed by atoms with Crippen LogP contribution in [0.2, 0.25) is 0 Å². The Labute approximate surface area is 204 Å². The molecule has 1 aliphatic rings. The Hall–Kier alpha value is -3.70. The summed E-state index contributed by atoms with van der Waals surface area (Å²) in [6.07, 6.45) is -3.14. The molecule has 7 nitrogen and oxygen atoms in total. The summed E-state index contributed by atoms with van der Waals surface area (Å²) in [6.45, 7) is 5.31. The summed E-state index contributed by atoms with van der Waals surface area (Å²) in [5, 5.41) is 2.35. The Morgan fingerprint density at radius 1 is 0.944 bits per heavy atom. The number of hydrogen-bond donors (Lipinski definition) is 3. The van der Waals surface area contributed by atoms with E-state index in [-0.39, 0.29) is 35.2 Å². The number of likely N-dealkylation sites (tertiary alicyclic amines) is 1. The summed E-state index contributed by atoms with van der Waals surface area (Å²) in [6, 6.07) is 3.35. The van der Waals surface area contributed by atoms with Gasteiger partial charge in [-0.1, -0.05) is 6.07 Å². The average molecular weight is 512 g/mol. The first-order valence-electron chi connectivity index (χ1n) is 11.1. The molecule has 1 heterocycles. The van der Waals surface area contributed by atoms with Crippen molar-refractivity contribution in [1.82, 2.24) is 21.1 Å².